The van der Waals surface area contributed by atoms with Crippen molar-refractivity contribution in [2.75, 3.05) is 6.61 Å². The van der Waals surface area contributed by atoms with Crippen LogP contribution in [0.1, 0.15) is 13.3 Å². The van der Waals surface area contributed by atoms with Crippen LogP contribution in [0.3, 0.4) is 0 Å². The normalized spacial score (nSPS) is 10.8. The molecule has 4 heteroatoms. The summed E-state index contributed by atoms with van der Waals surface area (Å²) in [7, 11) is 0. The molecular formula is C15H15N3O. The van der Waals surface area contributed by atoms with E-state index in [-0.39, 0.29) is 0 Å². The second-order valence-corrected chi connectivity index (χ2v) is 4.36. The Morgan fingerprint density at radius 1 is 1.26 bits per heavy atom. The fraction of sp³-hybridized carbons (Fsp3) is 0.200. The fourth-order valence-electron chi connectivity index (χ4n) is 2.05. The van der Waals surface area contributed by atoms with E-state index in [9.17, 15) is 0 Å². The van der Waals surface area contributed by atoms with E-state index in [4.69, 9.17) is 4.74 Å². The number of imidazole rings is 1. The lowest BCUT2D eigenvalue weighted by Crippen LogP contribution is -1.94. The molecule has 3 rings (SSSR count). The summed E-state index contributed by atoms with van der Waals surface area (Å²) in [6, 6.07) is 8.04. The van der Waals surface area contributed by atoms with Crippen molar-refractivity contribution in [3.8, 4) is 16.9 Å². The van der Waals surface area contributed by atoms with E-state index >= 15 is 0 Å². The number of aromatic nitrogens is 3. The fourth-order valence-corrected chi connectivity index (χ4v) is 2.05. The van der Waals surface area contributed by atoms with Crippen molar-refractivity contribution in [2.24, 2.45) is 0 Å². The van der Waals surface area contributed by atoms with Crippen molar-refractivity contribution in [2.45, 2.75) is 13.3 Å². The zero-order valence-corrected chi connectivity index (χ0v) is 10.8. The highest BCUT2D eigenvalue weighted by Crippen LogP contribution is 2.28. The standard InChI is InChI=1S/C15H15N3O/c1-2-6-19-12-5-3-4-11(7-12)13-8-16-9-14-15(13)18-10-17-14/h3-5,7-10H,2,6H2,1H3,(H,17,18). The third kappa shape index (κ3) is 2.29. The maximum atomic E-state index is 5.66. The lowest BCUT2D eigenvalue weighted by molar-refractivity contribution is 0.317. The molecule has 1 N–H and O–H groups in total. The highest BCUT2D eigenvalue weighted by molar-refractivity contribution is 5.90. The summed E-state index contributed by atoms with van der Waals surface area (Å²) < 4.78 is 5.66. The van der Waals surface area contributed by atoms with Crippen LogP contribution in [-0.4, -0.2) is 21.6 Å². The maximum Gasteiger partial charge on any atom is 0.119 e. The van der Waals surface area contributed by atoms with Gasteiger partial charge in [0.05, 0.1) is 30.2 Å². The van der Waals surface area contributed by atoms with Crippen LogP contribution in [0.5, 0.6) is 5.75 Å². The molecule has 0 aliphatic carbocycles. The maximum absolute atomic E-state index is 5.66. The number of benzene rings is 1. The summed E-state index contributed by atoms with van der Waals surface area (Å²) in [4.78, 5) is 11.7. The van der Waals surface area contributed by atoms with E-state index in [2.05, 4.69) is 21.9 Å². The third-order valence-electron chi connectivity index (χ3n) is 2.95. The summed E-state index contributed by atoms with van der Waals surface area (Å²) in [5, 5.41) is 0. The summed E-state index contributed by atoms with van der Waals surface area (Å²) in [6.07, 6.45) is 6.30. The van der Waals surface area contributed by atoms with Crippen molar-refractivity contribution in [3.05, 3.63) is 43.0 Å². The SMILES string of the molecule is CCCOc1cccc(-c2cncc3[nH]cnc23)c1. The first kappa shape index (κ1) is 11.7. The molecule has 0 bridgehead atoms. The summed E-state index contributed by atoms with van der Waals surface area (Å²) in [5.41, 5.74) is 3.96. The first-order valence-electron chi connectivity index (χ1n) is 6.39. The molecule has 19 heavy (non-hydrogen) atoms. The number of nitrogens with one attached hydrogen (secondary N) is 1. The zero-order chi connectivity index (χ0) is 13.1. The molecule has 4 nitrogen and oxygen atoms in total. The van der Waals surface area contributed by atoms with Crippen LogP contribution >= 0.6 is 0 Å². The summed E-state index contributed by atoms with van der Waals surface area (Å²) >= 11 is 0. The van der Waals surface area contributed by atoms with E-state index in [1.165, 1.54) is 0 Å². The Hall–Kier alpha value is -2.36. The zero-order valence-electron chi connectivity index (χ0n) is 10.8. The van der Waals surface area contributed by atoms with Gasteiger partial charge in [-0.25, -0.2) is 4.98 Å². The summed E-state index contributed by atoms with van der Waals surface area (Å²) in [6.45, 7) is 2.83. The number of rotatable bonds is 4. The third-order valence-corrected chi connectivity index (χ3v) is 2.95. The van der Waals surface area contributed by atoms with Gasteiger partial charge in [0.15, 0.2) is 0 Å². The van der Waals surface area contributed by atoms with Crippen LogP contribution in [0.2, 0.25) is 0 Å². The van der Waals surface area contributed by atoms with Gasteiger partial charge in [-0.05, 0) is 24.1 Å². The molecule has 0 aliphatic rings. The molecule has 0 fully saturated rings. The molecular weight excluding hydrogens is 238 g/mol. The molecule has 0 amide bonds. The molecule has 96 valence electrons. The van der Waals surface area contributed by atoms with E-state index in [1.807, 2.05) is 30.5 Å². The molecule has 0 spiro atoms. The largest absolute Gasteiger partial charge is 0.494 e. The second-order valence-electron chi connectivity index (χ2n) is 4.36. The molecule has 3 aromatic rings. The number of H-pyrrole nitrogens is 1. The van der Waals surface area contributed by atoms with Crippen molar-refractivity contribution >= 4 is 11.0 Å². The Morgan fingerprint density at radius 3 is 3.11 bits per heavy atom. The number of nitrogens with zero attached hydrogens (tertiary/aromatic N) is 2. The van der Waals surface area contributed by atoms with Crippen LogP contribution in [0.4, 0.5) is 0 Å². The first-order valence-corrected chi connectivity index (χ1v) is 6.39. The van der Waals surface area contributed by atoms with Crippen LogP contribution in [0.25, 0.3) is 22.2 Å². The smallest absolute Gasteiger partial charge is 0.119 e. The minimum atomic E-state index is 0.730. The van der Waals surface area contributed by atoms with E-state index in [0.717, 1.165) is 40.9 Å². The minimum Gasteiger partial charge on any atom is -0.494 e. The lowest BCUT2D eigenvalue weighted by atomic mass is 10.1. The van der Waals surface area contributed by atoms with Gasteiger partial charge in [0.1, 0.15) is 5.75 Å². The number of ether oxygens (including phenoxy) is 1. The van der Waals surface area contributed by atoms with Gasteiger partial charge in [-0.15, -0.1) is 0 Å². The molecule has 2 heterocycles. The predicted octanol–water partition coefficient (Wildman–Crippen LogP) is 3.41. The quantitative estimate of drug-likeness (QED) is 0.775. The molecule has 1 aromatic carbocycles. The van der Waals surface area contributed by atoms with Crippen molar-refractivity contribution in [1.82, 2.24) is 15.0 Å². The van der Waals surface area contributed by atoms with E-state index in [0.29, 0.717) is 0 Å². The van der Waals surface area contributed by atoms with Gasteiger partial charge in [-0.3, -0.25) is 4.98 Å². The van der Waals surface area contributed by atoms with Gasteiger partial charge in [0.2, 0.25) is 0 Å². The topological polar surface area (TPSA) is 50.8 Å². The summed E-state index contributed by atoms with van der Waals surface area (Å²) in [5.74, 6) is 0.881. The van der Waals surface area contributed by atoms with Crippen LogP contribution in [0.15, 0.2) is 43.0 Å². The van der Waals surface area contributed by atoms with Gasteiger partial charge in [-0.2, -0.15) is 0 Å². The molecule has 0 radical (unpaired) electrons. The molecule has 0 saturated heterocycles. The van der Waals surface area contributed by atoms with Gasteiger partial charge >= 0.3 is 0 Å². The number of pyridine rings is 1. The van der Waals surface area contributed by atoms with Crippen LogP contribution < -0.4 is 4.74 Å². The lowest BCUT2D eigenvalue weighted by Gasteiger charge is -2.07. The number of hydrogen-bond acceptors (Lipinski definition) is 3. The highest BCUT2D eigenvalue weighted by Gasteiger charge is 2.07. The average Bonchev–Trinajstić information content (AvgIpc) is 2.93. The van der Waals surface area contributed by atoms with E-state index in [1.54, 1.807) is 12.5 Å². The highest BCUT2D eigenvalue weighted by atomic mass is 16.5. The molecule has 0 unspecified atom stereocenters. The Balaban J connectivity index is 2.03. The number of fused-ring (bicyclic) bond motifs is 1. The van der Waals surface area contributed by atoms with Gasteiger partial charge < -0.3 is 9.72 Å². The Morgan fingerprint density at radius 2 is 2.21 bits per heavy atom. The van der Waals surface area contributed by atoms with Crippen LogP contribution in [-0.2, 0) is 0 Å². The average molecular weight is 253 g/mol. The van der Waals surface area contributed by atoms with Gasteiger partial charge in [-0.1, -0.05) is 19.1 Å². The van der Waals surface area contributed by atoms with Crippen molar-refractivity contribution in [1.29, 1.82) is 0 Å². The molecule has 0 atom stereocenters. The number of hydrogen-bond donors (Lipinski definition) is 1. The Labute approximate surface area is 111 Å². The monoisotopic (exact) mass is 253 g/mol. The van der Waals surface area contributed by atoms with E-state index < -0.39 is 0 Å². The number of aromatic amines is 1. The Bertz CT molecular complexity index is 690. The molecule has 2 aromatic heterocycles. The Kier molecular flexibility index (Phi) is 3.14. The van der Waals surface area contributed by atoms with Crippen molar-refractivity contribution < 1.29 is 4.74 Å². The molecule has 0 aliphatic heterocycles. The minimum absolute atomic E-state index is 0.730. The van der Waals surface area contributed by atoms with Gasteiger partial charge in [0, 0.05) is 11.8 Å². The molecule has 0 saturated carbocycles. The first-order chi connectivity index (χ1) is 9.38. The van der Waals surface area contributed by atoms with Crippen molar-refractivity contribution in [3.63, 3.8) is 0 Å². The van der Waals surface area contributed by atoms with Crippen LogP contribution in [0, 0.1) is 0 Å². The predicted molar refractivity (Wildman–Crippen MR) is 75.1 cm³/mol. The second kappa shape index (κ2) is 5.10. The van der Waals surface area contributed by atoms with Gasteiger partial charge in [0.25, 0.3) is 0 Å².